The molecule has 1 aliphatic carbocycles. The molecule has 7 atom stereocenters. The molecule has 0 radical (unpaired) electrons. The van der Waals surface area contributed by atoms with Gasteiger partial charge in [0.1, 0.15) is 23.9 Å². The number of aliphatic imine (C=N–C) groups is 1. The van der Waals surface area contributed by atoms with Crippen LogP contribution < -0.4 is 11.1 Å². The monoisotopic (exact) mass is 592 g/mol. The van der Waals surface area contributed by atoms with Crippen LogP contribution in [-0.2, 0) is 19.2 Å². The molecule has 3 amide bonds. The van der Waals surface area contributed by atoms with Gasteiger partial charge in [0.2, 0.25) is 17.7 Å². The van der Waals surface area contributed by atoms with Gasteiger partial charge in [0.25, 0.3) is 0 Å². The number of likely N-dealkylation sites (tertiary alicyclic amines) is 1. The maximum atomic E-state index is 14.1. The van der Waals surface area contributed by atoms with Crippen molar-refractivity contribution < 1.29 is 34.5 Å². The number of Topliss-reactive ketones (excluding diaryl/α,β-unsaturated/α-hetero) is 1. The molecule has 11 heteroatoms. The second-order valence-corrected chi connectivity index (χ2v) is 11.4. The first-order valence-electron chi connectivity index (χ1n) is 14.7. The molecule has 2 fully saturated rings. The van der Waals surface area contributed by atoms with E-state index in [4.69, 9.17) is 10.7 Å². The summed E-state index contributed by atoms with van der Waals surface area (Å²) in [5.41, 5.74) is 6.73. The van der Waals surface area contributed by atoms with Crippen LogP contribution in [-0.4, -0.2) is 86.3 Å². The van der Waals surface area contributed by atoms with Gasteiger partial charge in [-0.05, 0) is 51.7 Å². The summed E-state index contributed by atoms with van der Waals surface area (Å²) in [6.07, 6.45) is 0.0403. The van der Waals surface area contributed by atoms with Crippen molar-refractivity contribution in [1.82, 2.24) is 10.2 Å². The molecule has 1 aliphatic heterocycles. The maximum absolute atomic E-state index is 14.1. The predicted molar refractivity (Wildman–Crippen MR) is 159 cm³/mol. The number of amides is 3. The minimum atomic E-state index is -1.29. The van der Waals surface area contributed by atoms with Crippen molar-refractivity contribution in [2.45, 2.75) is 76.3 Å². The second-order valence-electron chi connectivity index (χ2n) is 11.4. The summed E-state index contributed by atoms with van der Waals surface area (Å²) in [5.74, 6) is -3.63. The second kappa shape index (κ2) is 13.9. The predicted octanol–water partition coefficient (Wildman–Crippen LogP) is 1.31. The lowest BCUT2D eigenvalue weighted by molar-refractivity contribution is -0.145. The van der Waals surface area contributed by atoms with E-state index in [-0.39, 0.29) is 17.4 Å². The number of para-hydroxylation sites is 1. The van der Waals surface area contributed by atoms with Gasteiger partial charge in [-0.1, -0.05) is 48.9 Å². The molecule has 6 N–H and O–H groups in total. The van der Waals surface area contributed by atoms with Gasteiger partial charge in [0.15, 0.2) is 5.78 Å². The summed E-state index contributed by atoms with van der Waals surface area (Å²) in [5, 5.41) is 33.7. The molecular formula is C32H40N4O7. The van der Waals surface area contributed by atoms with Crippen LogP contribution in [0.1, 0.15) is 57.1 Å². The summed E-state index contributed by atoms with van der Waals surface area (Å²) in [6.45, 7) is 3.13. The zero-order chi connectivity index (χ0) is 31.3. The molecule has 230 valence electrons. The lowest BCUT2D eigenvalue weighted by atomic mass is 9.85. The number of benzene rings is 2. The highest BCUT2D eigenvalue weighted by Gasteiger charge is 2.46. The summed E-state index contributed by atoms with van der Waals surface area (Å²) in [6, 6.07) is 12.3. The number of aromatic hydroxyl groups is 1. The van der Waals surface area contributed by atoms with E-state index in [9.17, 15) is 34.5 Å². The van der Waals surface area contributed by atoms with Crippen LogP contribution in [0.5, 0.6) is 5.75 Å². The smallest absolute Gasteiger partial charge is 0.243 e. The summed E-state index contributed by atoms with van der Waals surface area (Å²) < 4.78 is 0. The molecule has 2 aromatic rings. The lowest BCUT2D eigenvalue weighted by Crippen LogP contribution is -2.56. The number of nitrogens with two attached hydrogens (primary N) is 1. The van der Waals surface area contributed by atoms with Crippen molar-refractivity contribution in [1.29, 1.82) is 0 Å². The van der Waals surface area contributed by atoms with Crippen LogP contribution in [0.2, 0.25) is 0 Å². The highest BCUT2D eigenvalue weighted by Crippen LogP contribution is 2.37. The van der Waals surface area contributed by atoms with Crippen LogP contribution in [0.15, 0.2) is 59.6 Å². The Bertz CT molecular complexity index is 1360. The number of aliphatic hydroxyl groups is 2. The molecule has 1 heterocycles. The van der Waals surface area contributed by atoms with Gasteiger partial charge in [0, 0.05) is 29.5 Å². The zero-order valence-electron chi connectivity index (χ0n) is 24.4. The fraction of sp³-hybridized carbons (Fsp3) is 0.469. The van der Waals surface area contributed by atoms with Crippen molar-refractivity contribution in [3.63, 3.8) is 0 Å². The molecule has 1 saturated heterocycles. The van der Waals surface area contributed by atoms with Gasteiger partial charge in [0.05, 0.1) is 17.9 Å². The molecule has 0 spiro atoms. The van der Waals surface area contributed by atoms with Gasteiger partial charge < -0.3 is 31.3 Å². The van der Waals surface area contributed by atoms with Crippen LogP contribution in [0.25, 0.3) is 0 Å². The number of aliphatic hydroxyl groups excluding tert-OH is 2. The van der Waals surface area contributed by atoms with Gasteiger partial charge in [-0.2, -0.15) is 0 Å². The van der Waals surface area contributed by atoms with Crippen molar-refractivity contribution in [2.24, 2.45) is 22.6 Å². The van der Waals surface area contributed by atoms with E-state index >= 15 is 0 Å². The molecule has 0 aromatic heterocycles. The molecular weight excluding hydrogens is 552 g/mol. The highest BCUT2D eigenvalue weighted by atomic mass is 16.3. The van der Waals surface area contributed by atoms with Crippen LogP contribution in [0, 0.1) is 11.8 Å². The van der Waals surface area contributed by atoms with Gasteiger partial charge in [-0.25, -0.2) is 0 Å². The minimum absolute atomic E-state index is 0.0247. The number of hydrogen-bond donors (Lipinski definition) is 5. The van der Waals surface area contributed by atoms with E-state index in [0.717, 1.165) is 0 Å². The lowest BCUT2D eigenvalue weighted by Gasteiger charge is -2.31. The first kappa shape index (κ1) is 31.8. The minimum Gasteiger partial charge on any atom is -0.507 e. The maximum Gasteiger partial charge on any atom is 0.243 e. The third-order valence-corrected chi connectivity index (χ3v) is 8.35. The number of carbonyl (C=O) groups is 4. The highest BCUT2D eigenvalue weighted by molar-refractivity contribution is 6.15. The molecule has 1 unspecified atom stereocenters. The van der Waals surface area contributed by atoms with Gasteiger partial charge in [-0.15, -0.1) is 0 Å². The Morgan fingerprint density at radius 1 is 0.907 bits per heavy atom. The molecule has 1 saturated carbocycles. The standard InChI is InChI=1S/C32H40N4O7/c1-18(37)26(34-28(20-10-4-3-5-11-20)23-12-6-7-16-25(23)39)29(40)21-13-8-14-22(21)32(43)36-17-9-15-24(36)31(42)35-27(19(2)38)30(33)41/h3-7,10-12,16,18-19,21-22,24,26-27,37-39H,8-9,13-15,17H2,1-2H3,(H2,33,41)(H,35,42)/t18-,19-,21?,22-,24+,26+,27+/m1/s1. The molecule has 11 nitrogen and oxygen atoms in total. The van der Waals surface area contributed by atoms with Gasteiger partial charge >= 0.3 is 0 Å². The molecule has 2 aliphatic rings. The first-order valence-corrected chi connectivity index (χ1v) is 14.7. The molecule has 4 rings (SSSR count). The Labute approximate surface area is 250 Å². The Morgan fingerprint density at radius 2 is 1.56 bits per heavy atom. The van der Waals surface area contributed by atoms with Crippen molar-refractivity contribution in [3.8, 4) is 5.75 Å². The van der Waals surface area contributed by atoms with Crippen molar-refractivity contribution in [3.05, 3.63) is 65.7 Å². The molecule has 43 heavy (non-hydrogen) atoms. The van der Waals surface area contributed by atoms with E-state index in [1.807, 2.05) is 18.2 Å². The number of phenols is 1. The number of hydrogen-bond acceptors (Lipinski definition) is 8. The number of ketones is 1. The fourth-order valence-electron chi connectivity index (χ4n) is 6.13. The normalized spacial score (nSPS) is 23.3. The zero-order valence-corrected chi connectivity index (χ0v) is 24.4. The number of phenolic OH excluding ortho intramolecular Hbond substituents is 1. The third-order valence-electron chi connectivity index (χ3n) is 8.35. The summed E-state index contributed by atoms with van der Waals surface area (Å²) >= 11 is 0. The van der Waals surface area contributed by atoms with E-state index < -0.39 is 54.0 Å². The number of nitrogens with one attached hydrogen (secondary N) is 1. The van der Waals surface area contributed by atoms with E-state index in [0.29, 0.717) is 55.5 Å². The Hall–Kier alpha value is -4.09. The quantitative estimate of drug-likeness (QED) is 0.244. The number of nitrogens with zero attached hydrogens (tertiary/aromatic N) is 2. The number of carbonyl (C=O) groups excluding carboxylic acids is 4. The Balaban J connectivity index is 1.60. The average Bonchev–Trinajstić information content (AvgIpc) is 3.67. The molecule has 0 bridgehead atoms. The Kier molecular flexibility index (Phi) is 10.3. The van der Waals surface area contributed by atoms with Crippen LogP contribution in [0.3, 0.4) is 0 Å². The van der Waals surface area contributed by atoms with E-state index in [2.05, 4.69) is 5.32 Å². The SMILES string of the molecule is C[C@@H](O)[C@H](N=C(c1ccccc1)c1ccccc1O)C(=O)C1CCC[C@H]1C(=O)N1CCC[C@H]1C(=O)N[C@H](C(N)=O)[C@@H](C)O. The third kappa shape index (κ3) is 7.11. The largest absolute Gasteiger partial charge is 0.507 e. The summed E-state index contributed by atoms with van der Waals surface area (Å²) in [4.78, 5) is 58.9. The summed E-state index contributed by atoms with van der Waals surface area (Å²) in [7, 11) is 0. The van der Waals surface area contributed by atoms with Crippen LogP contribution >= 0.6 is 0 Å². The van der Waals surface area contributed by atoms with Crippen molar-refractivity contribution >= 4 is 29.2 Å². The fourth-order valence-corrected chi connectivity index (χ4v) is 6.13. The Morgan fingerprint density at radius 3 is 2.19 bits per heavy atom. The van der Waals surface area contributed by atoms with E-state index in [1.54, 1.807) is 30.3 Å². The number of primary amides is 1. The first-order chi connectivity index (χ1) is 20.5. The average molecular weight is 593 g/mol. The van der Waals surface area contributed by atoms with Crippen LogP contribution in [0.4, 0.5) is 0 Å². The van der Waals surface area contributed by atoms with Gasteiger partial charge in [-0.3, -0.25) is 24.2 Å². The number of rotatable bonds is 11. The van der Waals surface area contributed by atoms with E-state index in [1.165, 1.54) is 24.8 Å². The van der Waals surface area contributed by atoms with Crippen molar-refractivity contribution in [2.75, 3.05) is 6.54 Å². The molecule has 2 aromatic carbocycles. The topological polar surface area (TPSA) is 183 Å².